The lowest BCUT2D eigenvalue weighted by Gasteiger charge is -2.12. The lowest BCUT2D eigenvalue weighted by molar-refractivity contribution is -0.0748. The molecular weight excluding hydrogens is 108 g/mol. The maximum atomic E-state index is 10.1. The molecule has 0 saturated carbocycles. The number of hydroxylamine groups is 2. The molecule has 0 spiro atoms. The Balaban J connectivity index is 3.52. The van der Waals surface area contributed by atoms with Crippen molar-refractivity contribution in [3.05, 3.63) is 6.92 Å². The van der Waals surface area contributed by atoms with Crippen molar-refractivity contribution < 1.29 is 9.63 Å². The van der Waals surface area contributed by atoms with Crippen molar-refractivity contribution in [2.45, 2.75) is 0 Å². The van der Waals surface area contributed by atoms with Gasteiger partial charge in [0.2, 0.25) is 0 Å². The first-order chi connectivity index (χ1) is 3.72. The van der Waals surface area contributed by atoms with Crippen LogP contribution in [0.15, 0.2) is 0 Å². The Morgan fingerprint density at radius 3 is 2.50 bits per heavy atom. The van der Waals surface area contributed by atoms with Crippen LogP contribution in [0.1, 0.15) is 0 Å². The molecule has 0 fully saturated rings. The van der Waals surface area contributed by atoms with E-state index in [2.05, 4.69) is 11.8 Å². The van der Waals surface area contributed by atoms with Crippen LogP contribution in [0.25, 0.3) is 0 Å². The molecule has 0 saturated heterocycles. The summed E-state index contributed by atoms with van der Waals surface area (Å²) in [5, 5.41) is 0.944. The van der Waals surface area contributed by atoms with Gasteiger partial charge in [0.25, 0.3) is 0 Å². The molecule has 0 aromatic carbocycles. The molecule has 0 aliphatic heterocycles. The zero-order valence-electron chi connectivity index (χ0n) is 4.76. The van der Waals surface area contributed by atoms with E-state index < -0.39 is 6.03 Å². The molecule has 0 aliphatic carbocycles. The van der Waals surface area contributed by atoms with Crippen LogP contribution in [0.3, 0.4) is 0 Å². The number of hydrogen-bond acceptors (Lipinski definition) is 2. The number of carbonyl (C=O) groups excluding carboxylic acids is 1. The predicted octanol–water partition coefficient (Wildman–Crippen LogP) is -0.237. The number of rotatable bonds is 2. The van der Waals surface area contributed by atoms with E-state index in [1.807, 2.05) is 0 Å². The highest BCUT2D eigenvalue weighted by Crippen LogP contribution is 1.82. The second-order valence-electron chi connectivity index (χ2n) is 1.12. The fraction of sp³-hybridized carbons (Fsp3) is 0.500. The van der Waals surface area contributed by atoms with Crippen molar-refractivity contribution in [2.24, 2.45) is 5.73 Å². The molecule has 1 radical (unpaired) electrons. The quantitative estimate of drug-likeness (QED) is 0.507. The Bertz CT molecular complexity index is 80.1. The van der Waals surface area contributed by atoms with Gasteiger partial charge in [-0.15, -0.1) is 0 Å². The van der Waals surface area contributed by atoms with Gasteiger partial charge in [-0.2, -0.15) is 0 Å². The molecule has 0 heterocycles. The van der Waals surface area contributed by atoms with Crippen LogP contribution in [0.5, 0.6) is 0 Å². The maximum Gasteiger partial charge on any atom is 0.338 e. The molecule has 0 aliphatic rings. The minimum atomic E-state index is -0.623. The minimum Gasteiger partial charge on any atom is -0.350 e. The van der Waals surface area contributed by atoms with E-state index in [0.29, 0.717) is 0 Å². The average molecular weight is 117 g/mol. The molecule has 0 aromatic heterocycles. The van der Waals surface area contributed by atoms with Crippen LogP contribution in [-0.2, 0) is 4.84 Å². The Labute approximate surface area is 48.2 Å². The number of urea groups is 1. The number of amides is 2. The van der Waals surface area contributed by atoms with E-state index in [-0.39, 0.29) is 6.54 Å². The normalized spacial score (nSPS) is 8.75. The van der Waals surface area contributed by atoms with E-state index in [1.165, 1.54) is 7.11 Å². The van der Waals surface area contributed by atoms with Crippen LogP contribution in [0.4, 0.5) is 4.79 Å². The van der Waals surface area contributed by atoms with Gasteiger partial charge in [-0.3, -0.25) is 4.84 Å². The average Bonchev–Trinajstić information content (AvgIpc) is 1.69. The molecule has 0 atom stereocenters. The maximum absolute atomic E-state index is 10.1. The number of nitrogens with zero attached hydrogens (tertiary/aromatic N) is 1. The van der Waals surface area contributed by atoms with Crippen molar-refractivity contribution in [2.75, 3.05) is 13.7 Å². The molecular formula is C4H9N2O2. The summed E-state index contributed by atoms with van der Waals surface area (Å²) in [4.78, 5) is 14.6. The molecule has 0 aromatic rings. The van der Waals surface area contributed by atoms with Gasteiger partial charge >= 0.3 is 6.03 Å². The van der Waals surface area contributed by atoms with Crippen LogP contribution in [0.2, 0.25) is 0 Å². The van der Waals surface area contributed by atoms with Crippen molar-refractivity contribution in [1.82, 2.24) is 5.06 Å². The smallest absolute Gasteiger partial charge is 0.338 e. The first kappa shape index (κ1) is 7.23. The lowest BCUT2D eigenvalue weighted by Crippen LogP contribution is -2.34. The standard InChI is InChI=1S/C4H9N2O2/c1-3-6(8-2)4(5)7/h1,3H2,2H3,(H2,5,7). The molecule has 8 heavy (non-hydrogen) atoms. The second kappa shape index (κ2) is 3.26. The molecule has 2 amide bonds. The predicted molar refractivity (Wildman–Crippen MR) is 28.7 cm³/mol. The summed E-state index contributed by atoms with van der Waals surface area (Å²) < 4.78 is 0. The Kier molecular flexibility index (Phi) is 2.95. The van der Waals surface area contributed by atoms with Gasteiger partial charge in [0.05, 0.1) is 13.7 Å². The van der Waals surface area contributed by atoms with E-state index in [0.717, 1.165) is 5.06 Å². The summed E-state index contributed by atoms with van der Waals surface area (Å²) in [5.74, 6) is 0. The summed E-state index contributed by atoms with van der Waals surface area (Å²) in [6, 6.07) is -0.623. The van der Waals surface area contributed by atoms with Crippen molar-refractivity contribution >= 4 is 6.03 Å². The first-order valence-electron chi connectivity index (χ1n) is 2.12. The van der Waals surface area contributed by atoms with E-state index in [1.54, 1.807) is 0 Å². The summed E-state index contributed by atoms with van der Waals surface area (Å²) in [6.07, 6.45) is 0. The van der Waals surface area contributed by atoms with Crippen LogP contribution in [0, 0.1) is 6.92 Å². The van der Waals surface area contributed by atoms with Gasteiger partial charge in [0, 0.05) is 0 Å². The molecule has 2 N–H and O–H groups in total. The van der Waals surface area contributed by atoms with E-state index in [4.69, 9.17) is 5.73 Å². The summed E-state index contributed by atoms with van der Waals surface area (Å²) in [7, 11) is 1.36. The topological polar surface area (TPSA) is 55.6 Å². The van der Waals surface area contributed by atoms with Crippen LogP contribution >= 0.6 is 0 Å². The third kappa shape index (κ3) is 1.79. The fourth-order valence-electron chi connectivity index (χ4n) is 0.291. The third-order valence-corrected chi connectivity index (χ3v) is 0.669. The Hall–Kier alpha value is -0.770. The van der Waals surface area contributed by atoms with Crippen molar-refractivity contribution in [1.29, 1.82) is 0 Å². The second-order valence-corrected chi connectivity index (χ2v) is 1.12. The molecule has 0 unspecified atom stereocenters. The molecule has 0 rings (SSSR count). The minimum absolute atomic E-state index is 0.228. The van der Waals surface area contributed by atoms with Gasteiger partial charge in [0.1, 0.15) is 0 Å². The Morgan fingerprint density at radius 2 is 2.50 bits per heavy atom. The van der Waals surface area contributed by atoms with E-state index in [9.17, 15) is 4.79 Å². The van der Waals surface area contributed by atoms with Crippen LogP contribution in [-0.4, -0.2) is 24.7 Å². The third-order valence-electron chi connectivity index (χ3n) is 0.669. The number of primary amides is 1. The van der Waals surface area contributed by atoms with Crippen LogP contribution < -0.4 is 5.73 Å². The molecule has 4 nitrogen and oxygen atoms in total. The fourth-order valence-corrected chi connectivity index (χ4v) is 0.291. The first-order valence-corrected chi connectivity index (χ1v) is 2.12. The van der Waals surface area contributed by atoms with Gasteiger partial charge in [-0.25, -0.2) is 9.86 Å². The zero-order valence-corrected chi connectivity index (χ0v) is 4.76. The lowest BCUT2D eigenvalue weighted by atomic mass is 10.7. The SMILES string of the molecule is [CH2]CN(OC)C(N)=O. The van der Waals surface area contributed by atoms with Crippen molar-refractivity contribution in [3.63, 3.8) is 0 Å². The monoisotopic (exact) mass is 117 g/mol. The Morgan fingerprint density at radius 1 is 2.00 bits per heavy atom. The van der Waals surface area contributed by atoms with E-state index >= 15 is 0 Å². The van der Waals surface area contributed by atoms with Gasteiger partial charge < -0.3 is 5.73 Å². The zero-order chi connectivity index (χ0) is 6.57. The summed E-state index contributed by atoms with van der Waals surface area (Å²) >= 11 is 0. The number of nitrogens with two attached hydrogens (primary N) is 1. The summed E-state index contributed by atoms with van der Waals surface area (Å²) in [6.45, 7) is 3.61. The van der Waals surface area contributed by atoms with Gasteiger partial charge in [0.15, 0.2) is 0 Å². The largest absolute Gasteiger partial charge is 0.350 e. The highest BCUT2D eigenvalue weighted by molar-refractivity contribution is 5.70. The number of carbonyl (C=O) groups is 1. The number of hydrogen-bond donors (Lipinski definition) is 1. The van der Waals surface area contributed by atoms with Gasteiger partial charge in [-0.1, -0.05) is 0 Å². The molecule has 47 valence electrons. The highest BCUT2D eigenvalue weighted by atomic mass is 16.7. The summed E-state index contributed by atoms with van der Waals surface area (Å²) in [5.41, 5.74) is 4.78. The highest BCUT2D eigenvalue weighted by Gasteiger charge is 2.02. The molecule has 0 bridgehead atoms. The van der Waals surface area contributed by atoms with Crippen molar-refractivity contribution in [3.8, 4) is 0 Å². The van der Waals surface area contributed by atoms with Gasteiger partial charge in [-0.05, 0) is 6.92 Å². The molecule has 4 heteroatoms.